The van der Waals surface area contributed by atoms with Gasteiger partial charge in [0.2, 0.25) is 5.91 Å². The lowest BCUT2D eigenvalue weighted by Gasteiger charge is -2.33. The van der Waals surface area contributed by atoms with Crippen molar-refractivity contribution in [3.63, 3.8) is 0 Å². The van der Waals surface area contributed by atoms with Crippen LogP contribution < -0.4 is 4.90 Å². The number of alkyl halides is 6. The first-order chi connectivity index (χ1) is 20.5. The summed E-state index contributed by atoms with van der Waals surface area (Å²) in [6.45, 7) is 0.180. The molecule has 240 valence electrons. The second-order valence-electron chi connectivity index (χ2n) is 11.3. The number of hydrogen-bond donors (Lipinski definition) is 0. The van der Waals surface area contributed by atoms with Gasteiger partial charge in [0.1, 0.15) is 5.82 Å². The minimum Gasteiger partial charge on any atom is -0.469 e. The van der Waals surface area contributed by atoms with E-state index in [0.29, 0.717) is 48.3 Å². The quantitative estimate of drug-likeness (QED) is 0.286. The number of carbonyl (C=O) groups excluding carboxylic acids is 3. The van der Waals surface area contributed by atoms with Crippen molar-refractivity contribution in [2.75, 3.05) is 39.2 Å². The molecular formula is C30H32F7N3O4. The van der Waals surface area contributed by atoms with Crippen LogP contribution in [0.2, 0.25) is 0 Å². The van der Waals surface area contributed by atoms with Crippen LogP contribution in [0.3, 0.4) is 0 Å². The van der Waals surface area contributed by atoms with Crippen LogP contribution in [0.5, 0.6) is 0 Å². The maximum absolute atomic E-state index is 13.7. The number of likely N-dealkylation sites (tertiary alicyclic amines) is 1. The number of anilines is 1. The lowest BCUT2D eigenvalue weighted by Crippen LogP contribution is -2.48. The van der Waals surface area contributed by atoms with E-state index in [1.165, 1.54) is 43.3 Å². The van der Waals surface area contributed by atoms with E-state index in [4.69, 9.17) is 4.74 Å². The molecule has 1 saturated heterocycles. The van der Waals surface area contributed by atoms with Crippen molar-refractivity contribution in [1.29, 1.82) is 0 Å². The average Bonchev–Trinajstić information content (AvgIpc) is 3.44. The lowest BCUT2D eigenvalue weighted by atomic mass is 9.81. The summed E-state index contributed by atoms with van der Waals surface area (Å²) >= 11 is 0. The number of rotatable bonds is 5. The largest absolute Gasteiger partial charge is 0.469 e. The van der Waals surface area contributed by atoms with Gasteiger partial charge in [-0.3, -0.25) is 14.5 Å². The molecule has 1 heterocycles. The van der Waals surface area contributed by atoms with Gasteiger partial charge in [0, 0.05) is 44.7 Å². The van der Waals surface area contributed by atoms with Crippen molar-refractivity contribution in [1.82, 2.24) is 9.80 Å². The van der Waals surface area contributed by atoms with E-state index in [9.17, 15) is 45.1 Å². The van der Waals surface area contributed by atoms with Gasteiger partial charge in [0.15, 0.2) is 0 Å². The molecule has 14 heteroatoms. The number of methoxy groups -OCH3 is 1. The highest BCUT2D eigenvalue weighted by Gasteiger charge is 2.44. The molecule has 1 saturated carbocycles. The molecule has 2 atom stereocenters. The molecule has 44 heavy (non-hydrogen) atoms. The predicted octanol–water partition coefficient (Wildman–Crippen LogP) is 6.33. The summed E-state index contributed by atoms with van der Waals surface area (Å²) in [7, 11) is 3.73. The molecule has 4 rings (SSSR count). The number of benzene rings is 2. The number of carbonyl (C=O) groups is 3. The van der Waals surface area contributed by atoms with E-state index in [1.807, 2.05) is 0 Å². The number of likely N-dealkylation sites (N-methyl/N-ethyl adjacent to an activating group) is 1. The summed E-state index contributed by atoms with van der Waals surface area (Å²) in [5, 5.41) is 0. The fourth-order valence-electron chi connectivity index (χ4n) is 6.02. The zero-order valence-electron chi connectivity index (χ0n) is 24.2. The number of amides is 3. The standard InChI is InChI=1S/C30H32F7N3O4/c1-38(23-13-20(29(32,33)34)12-21(14-23)30(35,36)37)28(43)39(2)25-16-40(15-24(25)17-8-10-22(31)11-9-17)26(41)18-4-6-19(7-5-18)27(42)44-3/h8-14,18-19,24-25H,4-7,15-16H2,1-3H3/t18?,19?,24-,25+/m0/s1. The summed E-state index contributed by atoms with van der Waals surface area (Å²) < 4.78 is 99.3. The van der Waals surface area contributed by atoms with Gasteiger partial charge in [-0.15, -0.1) is 0 Å². The van der Waals surface area contributed by atoms with Gasteiger partial charge in [-0.25, -0.2) is 9.18 Å². The Morgan fingerprint density at radius 1 is 0.818 bits per heavy atom. The SMILES string of the molecule is COC(=O)C1CCC(C(=O)N2C[C@@H](N(C)C(=O)N(C)c3cc(C(F)(F)F)cc(C(F)(F)F)c3)[C@H](c3ccc(F)cc3)C2)CC1. The first-order valence-corrected chi connectivity index (χ1v) is 13.9. The maximum Gasteiger partial charge on any atom is 0.416 e. The maximum atomic E-state index is 13.7. The van der Waals surface area contributed by atoms with E-state index in [2.05, 4.69) is 0 Å². The second-order valence-corrected chi connectivity index (χ2v) is 11.3. The molecule has 7 nitrogen and oxygen atoms in total. The highest BCUT2D eigenvalue weighted by molar-refractivity contribution is 5.92. The van der Waals surface area contributed by atoms with Gasteiger partial charge < -0.3 is 14.5 Å². The van der Waals surface area contributed by atoms with Crippen molar-refractivity contribution >= 4 is 23.6 Å². The smallest absolute Gasteiger partial charge is 0.416 e. The summed E-state index contributed by atoms with van der Waals surface area (Å²) in [6, 6.07) is 4.73. The Kier molecular flexibility index (Phi) is 9.50. The molecular weight excluding hydrogens is 599 g/mol. The molecule has 0 radical (unpaired) electrons. The van der Waals surface area contributed by atoms with Crippen molar-refractivity contribution in [3.05, 3.63) is 65.0 Å². The molecule has 2 aromatic carbocycles. The number of ether oxygens (including phenoxy) is 1. The molecule has 2 aliphatic rings. The number of nitrogens with zero attached hydrogens (tertiary/aromatic N) is 3. The summed E-state index contributed by atoms with van der Waals surface area (Å²) in [5.41, 5.74) is -3.14. The van der Waals surface area contributed by atoms with Gasteiger partial charge in [0.25, 0.3) is 0 Å². The van der Waals surface area contributed by atoms with E-state index < -0.39 is 53.0 Å². The highest BCUT2D eigenvalue weighted by Crippen LogP contribution is 2.40. The Bertz CT molecular complexity index is 1340. The van der Waals surface area contributed by atoms with Crippen LogP contribution in [-0.2, 0) is 26.7 Å². The molecule has 0 bridgehead atoms. The summed E-state index contributed by atoms with van der Waals surface area (Å²) in [5.74, 6) is -2.23. The monoisotopic (exact) mass is 631 g/mol. The molecule has 1 aliphatic carbocycles. The van der Waals surface area contributed by atoms with E-state index in [0.717, 1.165) is 7.05 Å². The third kappa shape index (κ3) is 7.10. The molecule has 2 fully saturated rings. The zero-order chi connectivity index (χ0) is 32.6. The number of hydrogen-bond acceptors (Lipinski definition) is 4. The molecule has 0 spiro atoms. The topological polar surface area (TPSA) is 70.2 Å². The summed E-state index contributed by atoms with van der Waals surface area (Å²) in [4.78, 5) is 42.5. The number of halogens is 7. The van der Waals surface area contributed by atoms with Gasteiger partial charge in [-0.1, -0.05) is 12.1 Å². The Morgan fingerprint density at radius 2 is 1.34 bits per heavy atom. The molecule has 1 aliphatic heterocycles. The van der Waals surface area contributed by atoms with Gasteiger partial charge in [-0.05, 0) is 61.6 Å². The zero-order valence-corrected chi connectivity index (χ0v) is 24.2. The van der Waals surface area contributed by atoms with Crippen molar-refractivity contribution in [2.45, 2.75) is 50.0 Å². The van der Waals surface area contributed by atoms with E-state index in [1.54, 1.807) is 4.90 Å². The third-order valence-corrected chi connectivity index (χ3v) is 8.56. The normalized spacial score (nSPS) is 22.5. The Balaban J connectivity index is 1.59. The van der Waals surface area contributed by atoms with Gasteiger partial charge in [-0.2, -0.15) is 26.3 Å². The van der Waals surface area contributed by atoms with Crippen LogP contribution in [0.15, 0.2) is 42.5 Å². The highest BCUT2D eigenvalue weighted by atomic mass is 19.4. The minimum atomic E-state index is -5.10. The van der Waals surface area contributed by atoms with Crippen molar-refractivity contribution < 1.29 is 49.9 Å². The van der Waals surface area contributed by atoms with Gasteiger partial charge >= 0.3 is 24.4 Å². The first-order valence-electron chi connectivity index (χ1n) is 13.9. The van der Waals surface area contributed by atoms with Crippen LogP contribution in [0.4, 0.5) is 41.2 Å². The van der Waals surface area contributed by atoms with E-state index >= 15 is 0 Å². The Morgan fingerprint density at radius 3 is 1.84 bits per heavy atom. The summed E-state index contributed by atoms with van der Waals surface area (Å²) in [6.07, 6.45) is -8.33. The van der Waals surface area contributed by atoms with Crippen LogP contribution in [-0.4, -0.2) is 68.0 Å². The minimum absolute atomic E-state index is 0.0186. The molecule has 3 amide bonds. The Labute approximate surface area is 249 Å². The van der Waals surface area contributed by atoms with Crippen LogP contribution >= 0.6 is 0 Å². The van der Waals surface area contributed by atoms with E-state index in [-0.39, 0.29) is 42.9 Å². The fourth-order valence-corrected chi connectivity index (χ4v) is 6.02. The fraction of sp³-hybridized carbons (Fsp3) is 0.500. The molecule has 0 unspecified atom stereocenters. The van der Waals surface area contributed by atoms with Crippen LogP contribution in [0, 0.1) is 17.7 Å². The Hall–Kier alpha value is -3.84. The van der Waals surface area contributed by atoms with Crippen LogP contribution in [0.1, 0.15) is 48.3 Å². The van der Waals surface area contributed by atoms with Gasteiger partial charge in [0.05, 0.1) is 30.2 Å². The van der Waals surface area contributed by atoms with Crippen LogP contribution in [0.25, 0.3) is 0 Å². The molecule has 0 aromatic heterocycles. The van der Waals surface area contributed by atoms with Crippen molar-refractivity contribution in [3.8, 4) is 0 Å². The number of esters is 1. The predicted molar refractivity (Wildman–Crippen MR) is 145 cm³/mol. The molecule has 0 N–H and O–H groups in total. The lowest BCUT2D eigenvalue weighted by molar-refractivity contribution is -0.148. The van der Waals surface area contributed by atoms with Crippen molar-refractivity contribution in [2.24, 2.45) is 11.8 Å². The third-order valence-electron chi connectivity index (χ3n) is 8.56. The average molecular weight is 632 g/mol. The first kappa shape index (κ1) is 33.1. The number of urea groups is 1. The second kappa shape index (κ2) is 12.6. The molecule has 2 aromatic rings.